The molecule has 3 heteroatoms. The van der Waals surface area contributed by atoms with E-state index in [0.29, 0.717) is 0 Å². The van der Waals surface area contributed by atoms with Crippen molar-refractivity contribution in [2.75, 3.05) is 0 Å². The lowest BCUT2D eigenvalue weighted by atomic mass is 10.1. The Morgan fingerprint density at radius 3 is 2.52 bits per heavy atom. The fraction of sp³-hybridized carbons (Fsp3) is 0.100. The van der Waals surface area contributed by atoms with Gasteiger partial charge in [0, 0.05) is 11.6 Å². The number of aromatic nitrogens is 3. The summed E-state index contributed by atoms with van der Waals surface area (Å²) in [7, 11) is 2.14. The maximum Gasteiger partial charge on any atom is 0.297 e. The van der Waals surface area contributed by atoms with Crippen LogP contribution in [0.25, 0.3) is 38.5 Å². The van der Waals surface area contributed by atoms with E-state index in [0.717, 1.165) is 5.52 Å². The van der Waals surface area contributed by atoms with Gasteiger partial charge in [-0.1, -0.05) is 24.3 Å². The highest BCUT2D eigenvalue weighted by atomic mass is 15.1. The van der Waals surface area contributed by atoms with Gasteiger partial charge >= 0.3 is 0 Å². The molecule has 3 nitrogen and oxygen atoms in total. The van der Waals surface area contributed by atoms with Crippen LogP contribution in [0.15, 0.2) is 60.8 Å². The molecule has 0 aliphatic carbocycles. The molecule has 3 heterocycles. The quantitative estimate of drug-likeness (QED) is 0.313. The summed E-state index contributed by atoms with van der Waals surface area (Å²) >= 11 is 0. The fourth-order valence-electron chi connectivity index (χ4n) is 3.75. The van der Waals surface area contributed by atoms with E-state index in [-0.39, 0.29) is 0 Å². The van der Waals surface area contributed by atoms with Crippen molar-refractivity contribution < 1.29 is 4.57 Å². The minimum Gasteiger partial charge on any atom is -0.255 e. The SMILES string of the molecule is Cc1ccnc2c3ccccc3n3c4ccccc4[n+](C)c3c12. The molecule has 0 N–H and O–H groups in total. The molecule has 0 amide bonds. The van der Waals surface area contributed by atoms with E-state index in [4.69, 9.17) is 4.98 Å². The number of benzene rings is 2. The lowest BCUT2D eigenvalue weighted by molar-refractivity contribution is -0.617. The van der Waals surface area contributed by atoms with Crippen LogP contribution in [-0.2, 0) is 7.05 Å². The number of hydrogen-bond donors (Lipinski definition) is 0. The van der Waals surface area contributed by atoms with Gasteiger partial charge < -0.3 is 0 Å². The van der Waals surface area contributed by atoms with Crippen molar-refractivity contribution >= 4 is 38.5 Å². The lowest BCUT2D eigenvalue weighted by Gasteiger charge is -2.05. The van der Waals surface area contributed by atoms with Crippen molar-refractivity contribution in [1.29, 1.82) is 0 Å². The molecule has 0 fully saturated rings. The molecule has 0 radical (unpaired) electrons. The Balaban J connectivity index is 2.30. The van der Waals surface area contributed by atoms with Crippen molar-refractivity contribution in [3.8, 4) is 0 Å². The van der Waals surface area contributed by atoms with Gasteiger partial charge in [-0.05, 0) is 42.8 Å². The van der Waals surface area contributed by atoms with E-state index in [1.807, 2.05) is 6.20 Å². The first-order chi connectivity index (χ1) is 11.3. The van der Waals surface area contributed by atoms with Crippen molar-refractivity contribution in [2.24, 2.45) is 7.05 Å². The third-order valence-electron chi connectivity index (χ3n) is 4.80. The first-order valence-corrected chi connectivity index (χ1v) is 7.82. The van der Waals surface area contributed by atoms with Crippen molar-refractivity contribution in [2.45, 2.75) is 6.92 Å². The second kappa shape index (κ2) is 4.29. The highest BCUT2D eigenvalue weighted by Crippen LogP contribution is 2.31. The third kappa shape index (κ3) is 1.49. The van der Waals surface area contributed by atoms with E-state index in [2.05, 4.69) is 77.5 Å². The van der Waals surface area contributed by atoms with Crippen molar-refractivity contribution in [1.82, 2.24) is 9.38 Å². The first kappa shape index (κ1) is 12.6. The van der Waals surface area contributed by atoms with E-state index in [1.54, 1.807) is 0 Å². The van der Waals surface area contributed by atoms with E-state index in [1.165, 1.54) is 38.5 Å². The smallest absolute Gasteiger partial charge is 0.255 e. The van der Waals surface area contributed by atoms with E-state index in [9.17, 15) is 0 Å². The molecular weight excluding hydrogens is 282 g/mol. The average Bonchev–Trinajstić information content (AvgIpc) is 2.89. The van der Waals surface area contributed by atoms with E-state index < -0.39 is 0 Å². The minimum absolute atomic E-state index is 1.08. The number of nitrogens with zero attached hydrogens (tertiary/aromatic N) is 3. The normalized spacial score (nSPS) is 11.9. The predicted octanol–water partition coefficient (Wildman–Crippen LogP) is 3.93. The summed E-state index contributed by atoms with van der Waals surface area (Å²) in [4.78, 5) is 4.70. The van der Waals surface area contributed by atoms with Crippen LogP contribution in [0.5, 0.6) is 0 Å². The van der Waals surface area contributed by atoms with Gasteiger partial charge in [0.15, 0.2) is 11.0 Å². The molecule has 0 bridgehead atoms. The largest absolute Gasteiger partial charge is 0.297 e. The van der Waals surface area contributed by atoms with Crippen LogP contribution in [0, 0.1) is 6.92 Å². The summed E-state index contributed by atoms with van der Waals surface area (Å²) in [5.41, 5.74) is 7.19. The van der Waals surface area contributed by atoms with Crippen LogP contribution < -0.4 is 4.57 Å². The molecule has 0 aliphatic rings. The zero-order valence-corrected chi connectivity index (χ0v) is 13.1. The minimum atomic E-state index is 1.08. The van der Waals surface area contributed by atoms with Crippen LogP contribution >= 0.6 is 0 Å². The molecule has 3 aromatic heterocycles. The number of aryl methyl sites for hydroxylation is 2. The van der Waals surface area contributed by atoms with Gasteiger partial charge in [-0.25, -0.2) is 4.57 Å². The van der Waals surface area contributed by atoms with Crippen molar-refractivity contribution in [3.05, 3.63) is 66.4 Å². The molecule has 0 spiro atoms. The second-order valence-corrected chi connectivity index (χ2v) is 6.08. The molecule has 0 aliphatic heterocycles. The second-order valence-electron chi connectivity index (χ2n) is 6.08. The molecule has 2 aromatic carbocycles. The Kier molecular flexibility index (Phi) is 2.35. The van der Waals surface area contributed by atoms with E-state index >= 15 is 0 Å². The zero-order valence-electron chi connectivity index (χ0n) is 13.1. The summed E-state index contributed by atoms with van der Waals surface area (Å²) in [5, 5.41) is 2.42. The molecule has 0 saturated carbocycles. The van der Waals surface area contributed by atoms with Gasteiger partial charge in [0.25, 0.3) is 5.65 Å². The monoisotopic (exact) mass is 298 g/mol. The van der Waals surface area contributed by atoms with Gasteiger partial charge in [-0.3, -0.25) is 4.98 Å². The Labute approximate surface area is 133 Å². The highest BCUT2D eigenvalue weighted by Gasteiger charge is 2.23. The van der Waals surface area contributed by atoms with Gasteiger partial charge in [-0.15, -0.1) is 0 Å². The van der Waals surface area contributed by atoms with Gasteiger partial charge in [-0.2, -0.15) is 4.40 Å². The van der Waals surface area contributed by atoms with Crippen LogP contribution in [0.2, 0.25) is 0 Å². The van der Waals surface area contributed by atoms with Crippen LogP contribution in [0.4, 0.5) is 0 Å². The van der Waals surface area contributed by atoms with Gasteiger partial charge in [0.05, 0.1) is 18.0 Å². The lowest BCUT2D eigenvalue weighted by Crippen LogP contribution is -2.27. The number of imidazole rings is 1. The standard InChI is InChI=1S/C20H16N3/c1-13-11-12-21-19-14-7-3-4-8-15(14)23-17-10-6-5-9-16(17)22(2)20(23)18(13)19/h3-12H,1-2H3/q+1. The Hall–Kier alpha value is -2.94. The summed E-state index contributed by atoms with van der Waals surface area (Å²) in [6, 6.07) is 19.2. The topological polar surface area (TPSA) is 21.2 Å². The van der Waals surface area contributed by atoms with Gasteiger partial charge in [0.1, 0.15) is 5.52 Å². The summed E-state index contributed by atoms with van der Waals surface area (Å²) in [5.74, 6) is 0. The molecular formula is C20H16N3+. The Morgan fingerprint density at radius 1 is 0.913 bits per heavy atom. The van der Waals surface area contributed by atoms with Crippen LogP contribution in [0.1, 0.15) is 5.56 Å². The predicted molar refractivity (Wildman–Crippen MR) is 93.6 cm³/mol. The third-order valence-corrected chi connectivity index (χ3v) is 4.80. The highest BCUT2D eigenvalue weighted by molar-refractivity contribution is 6.11. The summed E-state index contributed by atoms with van der Waals surface area (Å²) in [6.45, 7) is 2.16. The number of rotatable bonds is 0. The van der Waals surface area contributed by atoms with Crippen LogP contribution in [-0.4, -0.2) is 9.38 Å². The molecule has 5 rings (SSSR count). The number of para-hydroxylation sites is 3. The maximum atomic E-state index is 4.70. The first-order valence-electron chi connectivity index (χ1n) is 7.82. The number of hydrogen-bond acceptors (Lipinski definition) is 1. The van der Waals surface area contributed by atoms with Crippen molar-refractivity contribution in [3.63, 3.8) is 0 Å². The van der Waals surface area contributed by atoms with Crippen LogP contribution in [0.3, 0.4) is 0 Å². The summed E-state index contributed by atoms with van der Waals surface area (Å²) < 4.78 is 4.64. The molecule has 110 valence electrons. The molecule has 5 aromatic rings. The molecule has 23 heavy (non-hydrogen) atoms. The zero-order chi connectivity index (χ0) is 15.6. The Morgan fingerprint density at radius 2 is 1.65 bits per heavy atom. The maximum absolute atomic E-state index is 4.70. The number of fused-ring (bicyclic) bond motifs is 8. The molecule has 0 unspecified atom stereocenters. The number of pyridine rings is 2. The molecule has 0 atom stereocenters. The van der Waals surface area contributed by atoms with Gasteiger partial charge in [0.2, 0.25) is 0 Å². The molecule has 0 saturated heterocycles. The average molecular weight is 298 g/mol. The Bertz CT molecular complexity index is 1230. The fourth-order valence-corrected chi connectivity index (χ4v) is 3.75. The summed E-state index contributed by atoms with van der Waals surface area (Å²) in [6.07, 6.45) is 1.91.